The molecule has 1 spiro atoms. The minimum Gasteiger partial charge on any atom is -0.356 e. The van der Waals surface area contributed by atoms with Crippen molar-refractivity contribution in [2.45, 2.75) is 32.2 Å². The third-order valence-corrected chi connectivity index (χ3v) is 4.73. The molecule has 0 aromatic heterocycles. The van der Waals surface area contributed by atoms with E-state index in [2.05, 4.69) is 10.2 Å². The van der Waals surface area contributed by atoms with Crippen LogP contribution in [0.25, 0.3) is 0 Å². The fourth-order valence-corrected chi connectivity index (χ4v) is 3.39. The first-order valence-electron chi connectivity index (χ1n) is 7.43. The molecule has 1 aromatic carbocycles. The SMILES string of the molecule is O=C1NCCCC12CCN(Cc1ccc(F)cc1)CC2. The zero-order valence-electron chi connectivity index (χ0n) is 11.7. The third-order valence-electron chi connectivity index (χ3n) is 4.73. The molecule has 3 rings (SSSR count). The van der Waals surface area contributed by atoms with Crippen LogP contribution < -0.4 is 5.32 Å². The number of nitrogens with one attached hydrogen (secondary N) is 1. The van der Waals surface area contributed by atoms with Gasteiger partial charge in [0.15, 0.2) is 0 Å². The number of piperidine rings is 2. The number of nitrogens with zero attached hydrogens (tertiary/aromatic N) is 1. The van der Waals surface area contributed by atoms with E-state index in [1.54, 1.807) is 0 Å². The van der Waals surface area contributed by atoms with Gasteiger partial charge in [0, 0.05) is 13.1 Å². The highest BCUT2D eigenvalue weighted by Gasteiger charge is 2.42. The number of hydrogen-bond donors (Lipinski definition) is 1. The highest BCUT2D eigenvalue weighted by Crippen LogP contribution is 2.38. The fourth-order valence-electron chi connectivity index (χ4n) is 3.39. The molecule has 0 bridgehead atoms. The predicted molar refractivity (Wildman–Crippen MR) is 75.6 cm³/mol. The Labute approximate surface area is 119 Å². The largest absolute Gasteiger partial charge is 0.356 e. The van der Waals surface area contributed by atoms with E-state index in [9.17, 15) is 9.18 Å². The van der Waals surface area contributed by atoms with Gasteiger partial charge in [-0.05, 0) is 56.5 Å². The number of carbonyl (C=O) groups is 1. The zero-order chi connectivity index (χ0) is 14.0. The molecular weight excluding hydrogens is 255 g/mol. The summed E-state index contributed by atoms with van der Waals surface area (Å²) < 4.78 is 12.9. The number of hydrogen-bond acceptors (Lipinski definition) is 2. The second-order valence-corrected chi connectivity index (χ2v) is 6.04. The molecule has 0 aliphatic carbocycles. The van der Waals surface area contributed by atoms with Crippen LogP contribution >= 0.6 is 0 Å². The van der Waals surface area contributed by atoms with Gasteiger partial charge in [-0.2, -0.15) is 0 Å². The molecule has 4 heteroatoms. The molecule has 2 aliphatic rings. The molecular formula is C16H21FN2O. The predicted octanol–water partition coefficient (Wildman–Crippen LogP) is 2.32. The Morgan fingerprint density at radius 1 is 1.15 bits per heavy atom. The Hall–Kier alpha value is -1.42. The molecule has 20 heavy (non-hydrogen) atoms. The van der Waals surface area contributed by atoms with Crippen molar-refractivity contribution in [1.82, 2.24) is 10.2 Å². The summed E-state index contributed by atoms with van der Waals surface area (Å²) in [7, 11) is 0. The maximum Gasteiger partial charge on any atom is 0.226 e. The monoisotopic (exact) mass is 276 g/mol. The number of benzene rings is 1. The van der Waals surface area contributed by atoms with Crippen molar-refractivity contribution in [3.8, 4) is 0 Å². The van der Waals surface area contributed by atoms with E-state index in [0.717, 1.165) is 57.4 Å². The van der Waals surface area contributed by atoms with E-state index >= 15 is 0 Å². The van der Waals surface area contributed by atoms with Crippen LogP contribution in [0.15, 0.2) is 24.3 Å². The van der Waals surface area contributed by atoms with Crippen molar-refractivity contribution < 1.29 is 9.18 Å². The topological polar surface area (TPSA) is 32.3 Å². The van der Waals surface area contributed by atoms with Crippen molar-refractivity contribution in [2.24, 2.45) is 5.41 Å². The lowest BCUT2D eigenvalue weighted by molar-refractivity contribution is -0.136. The summed E-state index contributed by atoms with van der Waals surface area (Å²) in [5.41, 5.74) is 1.02. The molecule has 3 nitrogen and oxygen atoms in total. The van der Waals surface area contributed by atoms with Crippen LogP contribution in [0.1, 0.15) is 31.2 Å². The average molecular weight is 276 g/mol. The van der Waals surface area contributed by atoms with Crippen LogP contribution in [0.3, 0.4) is 0 Å². The summed E-state index contributed by atoms with van der Waals surface area (Å²) in [5.74, 6) is 0.0652. The second-order valence-electron chi connectivity index (χ2n) is 6.04. The van der Waals surface area contributed by atoms with Gasteiger partial charge in [-0.15, -0.1) is 0 Å². The van der Waals surface area contributed by atoms with Gasteiger partial charge in [-0.1, -0.05) is 12.1 Å². The molecule has 2 heterocycles. The summed E-state index contributed by atoms with van der Waals surface area (Å²) in [6, 6.07) is 6.70. The molecule has 0 radical (unpaired) electrons. The fraction of sp³-hybridized carbons (Fsp3) is 0.562. The summed E-state index contributed by atoms with van der Waals surface area (Å²) in [4.78, 5) is 14.5. The molecule has 2 saturated heterocycles. The van der Waals surface area contributed by atoms with Gasteiger partial charge in [0.1, 0.15) is 5.82 Å². The molecule has 0 atom stereocenters. The number of rotatable bonds is 2. The number of likely N-dealkylation sites (tertiary alicyclic amines) is 1. The molecule has 1 N–H and O–H groups in total. The maximum atomic E-state index is 12.9. The van der Waals surface area contributed by atoms with Crippen LogP contribution in [0, 0.1) is 11.2 Å². The second kappa shape index (κ2) is 5.52. The summed E-state index contributed by atoms with van der Waals surface area (Å²) in [5, 5.41) is 3.01. The summed E-state index contributed by atoms with van der Waals surface area (Å²) in [6.45, 7) is 3.58. The molecule has 1 amide bonds. The lowest BCUT2D eigenvalue weighted by Gasteiger charge is -2.42. The van der Waals surface area contributed by atoms with Crippen LogP contribution in [0.5, 0.6) is 0 Å². The van der Waals surface area contributed by atoms with Crippen LogP contribution in [0.2, 0.25) is 0 Å². The van der Waals surface area contributed by atoms with Crippen molar-refractivity contribution in [3.63, 3.8) is 0 Å². The van der Waals surface area contributed by atoms with E-state index < -0.39 is 0 Å². The molecule has 0 saturated carbocycles. The van der Waals surface area contributed by atoms with Gasteiger partial charge in [-0.3, -0.25) is 9.69 Å². The molecule has 108 valence electrons. The first-order valence-corrected chi connectivity index (χ1v) is 7.43. The minimum atomic E-state index is -0.190. The third kappa shape index (κ3) is 2.70. The minimum absolute atomic E-state index is 0.114. The van der Waals surface area contributed by atoms with Crippen LogP contribution in [-0.4, -0.2) is 30.4 Å². The summed E-state index contributed by atoms with van der Waals surface area (Å²) in [6.07, 6.45) is 4.02. The highest BCUT2D eigenvalue weighted by atomic mass is 19.1. The first kappa shape index (κ1) is 13.6. The Morgan fingerprint density at radius 3 is 2.50 bits per heavy atom. The van der Waals surface area contributed by atoms with Crippen molar-refractivity contribution in [2.75, 3.05) is 19.6 Å². The molecule has 2 aliphatic heterocycles. The van der Waals surface area contributed by atoms with E-state index in [1.807, 2.05) is 12.1 Å². The van der Waals surface area contributed by atoms with E-state index in [0.29, 0.717) is 0 Å². The van der Waals surface area contributed by atoms with Gasteiger partial charge < -0.3 is 5.32 Å². The van der Waals surface area contributed by atoms with Crippen LogP contribution in [0.4, 0.5) is 4.39 Å². The van der Waals surface area contributed by atoms with Crippen molar-refractivity contribution >= 4 is 5.91 Å². The van der Waals surface area contributed by atoms with Gasteiger partial charge in [0.05, 0.1) is 5.41 Å². The number of amides is 1. The normalized spacial score (nSPS) is 22.8. The molecule has 1 aromatic rings. The number of halogens is 1. The smallest absolute Gasteiger partial charge is 0.226 e. The molecule has 0 unspecified atom stereocenters. The molecule has 2 fully saturated rings. The zero-order valence-corrected chi connectivity index (χ0v) is 11.7. The van der Waals surface area contributed by atoms with Gasteiger partial charge >= 0.3 is 0 Å². The lowest BCUT2D eigenvalue weighted by Crippen LogP contribution is -2.51. The summed E-state index contributed by atoms with van der Waals surface area (Å²) >= 11 is 0. The van der Waals surface area contributed by atoms with Crippen LogP contribution in [-0.2, 0) is 11.3 Å². The Kier molecular flexibility index (Phi) is 3.74. The van der Waals surface area contributed by atoms with Crippen molar-refractivity contribution in [1.29, 1.82) is 0 Å². The highest BCUT2D eigenvalue weighted by molar-refractivity contribution is 5.83. The van der Waals surface area contributed by atoms with E-state index in [1.165, 1.54) is 12.1 Å². The quantitative estimate of drug-likeness (QED) is 0.899. The Balaban J connectivity index is 1.58. The van der Waals surface area contributed by atoms with E-state index in [-0.39, 0.29) is 17.1 Å². The lowest BCUT2D eigenvalue weighted by atomic mass is 9.72. The maximum absolute atomic E-state index is 12.9. The van der Waals surface area contributed by atoms with E-state index in [4.69, 9.17) is 0 Å². The van der Waals surface area contributed by atoms with Gasteiger partial charge in [0.2, 0.25) is 5.91 Å². The number of carbonyl (C=O) groups excluding carboxylic acids is 1. The first-order chi connectivity index (χ1) is 9.68. The Morgan fingerprint density at radius 2 is 1.85 bits per heavy atom. The Bertz CT molecular complexity index is 478. The van der Waals surface area contributed by atoms with Gasteiger partial charge in [-0.25, -0.2) is 4.39 Å². The van der Waals surface area contributed by atoms with Gasteiger partial charge in [0.25, 0.3) is 0 Å². The standard InChI is InChI=1S/C16H21FN2O/c17-14-4-2-13(3-5-14)12-19-10-7-16(8-11-19)6-1-9-18-15(16)20/h2-5H,1,6-12H2,(H,18,20). The average Bonchev–Trinajstić information content (AvgIpc) is 2.47. The van der Waals surface area contributed by atoms with Crippen molar-refractivity contribution in [3.05, 3.63) is 35.6 Å².